The first-order valence-electron chi connectivity index (χ1n) is 6.00. The van der Waals surface area contributed by atoms with Crippen molar-refractivity contribution < 1.29 is 18.0 Å². The minimum absolute atomic E-state index is 0.0264. The molecule has 3 amide bonds. The molecule has 21 heavy (non-hydrogen) atoms. The SMILES string of the molecule is Cc1ccc(S(=O)(=O)NC(=O)N2SC(C)C(Br)C2=O)cc1. The fourth-order valence-corrected chi connectivity index (χ4v) is 4.20. The number of hydrogen-bond acceptors (Lipinski definition) is 5. The lowest BCUT2D eigenvalue weighted by Crippen LogP contribution is -2.41. The molecule has 0 aliphatic carbocycles. The van der Waals surface area contributed by atoms with E-state index in [4.69, 9.17) is 0 Å². The first-order chi connectivity index (χ1) is 9.72. The number of urea groups is 1. The second-order valence-corrected chi connectivity index (χ2v) is 8.56. The number of nitrogens with one attached hydrogen (secondary N) is 1. The summed E-state index contributed by atoms with van der Waals surface area (Å²) in [6.07, 6.45) is 0. The topological polar surface area (TPSA) is 83.6 Å². The van der Waals surface area contributed by atoms with Gasteiger partial charge < -0.3 is 0 Å². The molecule has 6 nitrogen and oxygen atoms in total. The lowest BCUT2D eigenvalue weighted by atomic mass is 10.2. The smallest absolute Gasteiger partial charge is 0.272 e. The minimum atomic E-state index is -3.99. The molecule has 1 fully saturated rings. The average Bonchev–Trinajstić information content (AvgIpc) is 2.66. The van der Waals surface area contributed by atoms with Crippen LogP contribution < -0.4 is 4.72 Å². The summed E-state index contributed by atoms with van der Waals surface area (Å²) in [5.41, 5.74) is 0.904. The van der Waals surface area contributed by atoms with Crippen molar-refractivity contribution in [1.82, 2.24) is 9.03 Å². The molecule has 0 radical (unpaired) electrons. The highest BCUT2D eigenvalue weighted by molar-refractivity contribution is 9.10. The number of rotatable bonds is 2. The summed E-state index contributed by atoms with van der Waals surface area (Å²) in [5, 5.41) is -0.148. The predicted molar refractivity (Wildman–Crippen MR) is 83.5 cm³/mol. The van der Waals surface area contributed by atoms with Gasteiger partial charge in [-0.2, -0.15) is 0 Å². The Morgan fingerprint density at radius 2 is 1.90 bits per heavy atom. The Labute approximate surface area is 135 Å². The van der Waals surface area contributed by atoms with Crippen LogP contribution >= 0.6 is 27.9 Å². The molecule has 0 aromatic heterocycles. The number of sulfonamides is 1. The van der Waals surface area contributed by atoms with E-state index >= 15 is 0 Å². The van der Waals surface area contributed by atoms with Crippen LogP contribution in [0.1, 0.15) is 12.5 Å². The van der Waals surface area contributed by atoms with Gasteiger partial charge in [-0.05, 0) is 37.9 Å². The number of carbonyl (C=O) groups excluding carboxylic acids is 2. The van der Waals surface area contributed by atoms with Gasteiger partial charge in [0.05, 0.1) is 4.90 Å². The van der Waals surface area contributed by atoms with Gasteiger partial charge in [-0.15, -0.1) is 0 Å². The van der Waals surface area contributed by atoms with Crippen molar-refractivity contribution >= 4 is 49.8 Å². The van der Waals surface area contributed by atoms with E-state index in [1.54, 1.807) is 19.1 Å². The van der Waals surface area contributed by atoms with Crippen LogP contribution in [0.5, 0.6) is 0 Å². The monoisotopic (exact) mass is 392 g/mol. The van der Waals surface area contributed by atoms with Crippen LogP contribution in [0.2, 0.25) is 0 Å². The number of aryl methyl sites for hydroxylation is 1. The maximum absolute atomic E-state index is 12.1. The van der Waals surface area contributed by atoms with Gasteiger partial charge >= 0.3 is 6.03 Å². The summed E-state index contributed by atoms with van der Waals surface area (Å²) in [5.74, 6) is -0.468. The molecule has 1 aliphatic heterocycles. The molecule has 9 heteroatoms. The third kappa shape index (κ3) is 3.41. The van der Waals surface area contributed by atoms with E-state index in [1.165, 1.54) is 12.1 Å². The number of hydrogen-bond donors (Lipinski definition) is 1. The molecule has 2 rings (SSSR count). The van der Waals surface area contributed by atoms with Crippen molar-refractivity contribution in [3.05, 3.63) is 29.8 Å². The number of carbonyl (C=O) groups is 2. The zero-order valence-corrected chi connectivity index (χ0v) is 14.5. The van der Waals surface area contributed by atoms with Crippen LogP contribution in [0.15, 0.2) is 29.2 Å². The number of nitrogens with zero attached hydrogens (tertiary/aromatic N) is 1. The van der Waals surface area contributed by atoms with E-state index in [1.807, 2.05) is 11.6 Å². The third-order valence-electron chi connectivity index (χ3n) is 2.86. The summed E-state index contributed by atoms with van der Waals surface area (Å²) in [4.78, 5) is 23.3. The Morgan fingerprint density at radius 1 is 1.33 bits per heavy atom. The van der Waals surface area contributed by atoms with E-state index in [-0.39, 0.29) is 10.1 Å². The highest BCUT2D eigenvalue weighted by Crippen LogP contribution is 2.34. The summed E-state index contributed by atoms with van der Waals surface area (Å²) < 4.78 is 26.9. The molecule has 1 N–H and O–H groups in total. The number of amides is 3. The van der Waals surface area contributed by atoms with Crippen LogP contribution in [0.3, 0.4) is 0 Å². The van der Waals surface area contributed by atoms with Crippen molar-refractivity contribution in [3.63, 3.8) is 0 Å². The number of alkyl halides is 1. The zero-order chi connectivity index (χ0) is 15.8. The maximum atomic E-state index is 12.1. The first kappa shape index (κ1) is 16.3. The molecule has 1 aromatic carbocycles. The van der Waals surface area contributed by atoms with Gasteiger partial charge in [0, 0.05) is 5.25 Å². The van der Waals surface area contributed by atoms with Gasteiger partial charge in [0.1, 0.15) is 4.83 Å². The van der Waals surface area contributed by atoms with Gasteiger partial charge in [-0.25, -0.2) is 22.2 Å². The van der Waals surface area contributed by atoms with E-state index in [0.29, 0.717) is 0 Å². The molecule has 0 saturated carbocycles. The highest BCUT2D eigenvalue weighted by atomic mass is 79.9. The zero-order valence-electron chi connectivity index (χ0n) is 11.2. The summed E-state index contributed by atoms with van der Waals surface area (Å²) in [7, 11) is -3.99. The van der Waals surface area contributed by atoms with Crippen LogP contribution in [-0.4, -0.2) is 34.7 Å². The molecule has 0 bridgehead atoms. The fraction of sp³-hybridized carbons (Fsp3) is 0.333. The Kier molecular flexibility index (Phi) is 4.64. The average molecular weight is 393 g/mol. The molecule has 1 saturated heterocycles. The lowest BCUT2D eigenvalue weighted by Gasteiger charge is -2.14. The van der Waals surface area contributed by atoms with Crippen molar-refractivity contribution in [2.75, 3.05) is 0 Å². The second kappa shape index (κ2) is 5.98. The fourth-order valence-electron chi connectivity index (χ4n) is 1.67. The standard InChI is InChI=1S/C12H13BrN2O4S2/c1-7-3-5-9(6-4-7)21(18,19)14-12(17)15-11(16)10(13)8(2)20-15/h3-6,8,10H,1-2H3,(H,14,17). The van der Waals surface area contributed by atoms with Crippen molar-refractivity contribution in [3.8, 4) is 0 Å². The Bertz CT molecular complexity index is 675. The van der Waals surface area contributed by atoms with E-state index < -0.39 is 26.8 Å². The molecular formula is C12H13BrN2O4S2. The van der Waals surface area contributed by atoms with Crippen molar-refractivity contribution in [2.24, 2.45) is 0 Å². The normalized spacial score (nSPS) is 22.4. The number of imide groups is 1. The summed E-state index contributed by atoms with van der Waals surface area (Å²) in [6, 6.07) is 5.11. The quantitative estimate of drug-likeness (QED) is 0.614. The third-order valence-corrected chi connectivity index (χ3v) is 6.89. The maximum Gasteiger partial charge on any atom is 0.348 e. The molecule has 1 aliphatic rings. The van der Waals surface area contributed by atoms with Crippen LogP contribution in [0, 0.1) is 6.92 Å². The lowest BCUT2D eigenvalue weighted by molar-refractivity contribution is -0.122. The number of benzene rings is 1. The highest BCUT2D eigenvalue weighted by Gasteiger charge is 2.41. The van der Waals surface area contributed by atoms with Gasteiger partial charge in [-0.1, -0.05) is 33.6 Å². The molecule has 1 aromatic rings. The largest absolute Gasteiger partial charge is 0.348 e. The van der Waals surface area contributed by atoms with Crippen molar-refractivity contribution in [1.29, 1.82) is 0 Å². The van der Waals surface area contributed by atoms with Crippen LogP contribution in [-0.2, 0) is 14.8 Å². The molecule has 114 valence electrons. The van der Waals surface area contributed by atoms with E-state index in [9.17, 15) is 18.0 Å². The molecule has 2 unspecified atom stereocenters. The van der Waals surface area contributed by atoms with Gasteiger partial charge in [-0.3, -0.25) is 4.79 Å². The summed E-state index contributed by atoms with van der Waals surface area (Å²) in [6.45, 7) is 3.59. The molecule has 1 heterocycles. The van der Waals surface area contributed by atoms with Gasteiger partial charge in [0.2, 0.25) is 0 Å². The number of halogens is 1. The summed E-state index contributed by atoms with van der Waals surface area (Å²) >= 11 is 4.16. The second-order valence-electron chi connectivity index (χ2n) is 4.57. The van der Waals surface area contributed by atoms with E-state index in [0.717, 1.165) is 21.8 Å². The Balaban J connectivity index is 2.16. The predicted octanol–water partition coefficient (Wildman–Crippen LogP) is 2.04. The van der Waals surface area contributed by atoms with Gasteiger partial charge in [0.25, 0.3) is 15.9 Å². The van der Waals surface area contributed by atoms with E-state index in [2.05, 4.69) is 15.9 Å². The Morgan fingerprint density at radius 3 is 2.38 bits per heavy atom. The van der Waals surface area contributed by atoms with Crippen molar-refractivity contribution in [2.45, 2.75) is 28.8 Å². The Hall–Kier alpha value is -1.06. The first-order valence-corrected chi connectivity index (χ1v) is 9.24. The van der Waals surface area contributed by atoms with Gasteiger partial charge in [0.15, 0.2) is 0 Å². The minimum Gasteiger partial charge on any atom is -0.272 e. The van der Waals surface area contributed by atoms with Crippen LogP contribution in [0.25, 0.3) is 0 Å². The molecule has 2 atom stereocenters. The molecular weight excluding hydrogens is 380 g/mol. The van der Waals surface area contributed by atoms with Crippen LogP contribution in [0.4, 0.5) is 4.79 Å². The molecule has 0 spiro atoms.